The predicted octanol–water partition coefficient (Wildman–Crippen LogP) is 2.63. The molecular formula is C20H44IN5O3. The van der Waals surface area contributed by atoms with Gasteiger partial charge < -0.3 is 29.9 Å². The molecule has 0 rings (SSSR count). The summed E-state index contributed by atoms with van der Waals surface area (Å²) in [4.78, 5) is 20.6. The summed E-state index contributed by atoms with van der Waals surface area (Å²) < 4.78 is 10.5. The number of guanidine groups is 1. The van der Waals surface area contributed by atoms with E-state index in [0.717, 1.165) is 45.2 Å². The molecular weight excluding hydrogens is 485 g/mol. The highest BCUT2D eigenvalue weighted by molar-refractivity contribution is 14.0. The summed E-state index contributed by atoms with van der Waals surface area (Å²) in [6, 6.07) is 0. The molecule has 0 saturated heterocycles. The molecule has 2 N–H and O–H groups in total. The lowest BCUT2D eigenvalue weighted by Gasteiger charge is -2.26. The van der Waals surface area contributed by atoms with E-state index in [1.54, 1.807) is 19.1 Å². The van der Waals surface area contributed by atoms with E-state index in [9.17, 15) is 4.79 Å². The second kappa shape index (κ2) is 16.9. The van der Waals surface area contributed by atoms with Crippen molar-refractivity contribution in [2.75, 3.05) is 67.1 Å². The van der Waals surface area contributed by atoms with Crippen molar-refractivity contribution in [2.24, 2.45) is 10.9 Å². The molecule has 1 amide bonds. The van der Waals surface area contributed by atoms with Crippen LogP contribution < -0.4 is 10.6 Å². The Labute approximate surface area is 195 Å². The van der Waals surface area contributed by atoms with Crippen molar-refractivity contribution in [3.8, 4) is 0 Å². The van der Waals surface area contributed by atoms with E-state index in [-0.39, 0.29) is 36.0 Å². The van der Waals surface area contributed by atoms with E-state index in [1.165, 1.54) is 0 Å². The molecule has 1 atom stereocenters. The molecule has 0 fully saturated rings. The molecule has 0 radical (unpaired) electrons. The molecule has 0 spiro atoms. The van der Waals surface area contributed by atoms with Gasteiger partial charge in [-0.25, -0.2) is 4.79 Å². The highest BCUT2D eigenvalue weighted by Gasteiger charge is 2.20. The van der Waals surface area contributed by atoms with Crippen LogP contribution in [0.25, 0.3) is 0 Å². The molecule has 0 aromatic rings. The van der Waals surface area contributed by atoms with Crippen LogP contribution in [0.5, 0.6) is 0 Å². The Bertz CT molecular complexity index is 458. The summed E-state index contributed by atoms with van der Waals surface area (Å²) in [5, 5.41) is 6.63. The van der Waals surface area contributed by atoms with Crippen LogP contribution in [-0.4, -0.2) is 94.5 Å². The van der Waals surface area contributed by atoms with Gasteiger partial charge in [0.25, 0.3) is 0 Å². The number of hydrogen-bond acceptors (Lipinski definition) is 5. The van der Waals surface area contributed by atoms with E-state index in [0.29, 0.717) is 13.1 Å². The van der Waals surface area contributed by atoms with Crippen molar-refractivity contribution >= 4 is 36.0 Å². The van der Waals surface area contributed by atoms with Crippen LogP contribution in [0.4, 0.5) is 4.79 Å². The first-order valence-electron chi connectivity index (χ1n) is 10.2. The third-order valence-corrected chi connectivity index (χ3v) is 3.87. The Hall–Kier alpha value is -0.810. The lowest BCUT2D eigenvalue weighted by Crippen LogP contribution is -2.41. The summed E-state index contributed by atoms with van der Waals surface area (Å²) in [5.41, 5.74) is -0.481. The van der Waals surface area contributed by atoms with Gasteiger partial charge in [0.15, 0.2) is 5.96 Å². The van der Waals surface area contributed by atoms with Crippen LogP contribution >= 0.6 is 24.0 Å². The highest BCUT2D eigenvalue weighted by atomic mass is 127. The van der Waals surface area contributed by atoms with Crippen LogP contribution in [0.15, 0.2) is 4.99 Å². The minimum Gasteiger partial charge on any atom is -0.444 e. The van der Waals surface area contributed by atoms with Crippen LogP contribution in [0, 0.1) is 5.92 Å². The second-order valence-electron chi connectivity index (χ2n) is 8.26. The van der Waals surface area contributed by atoms with E-state index < -0.39 is 5.60 Å². The highest BCUT2D eigenvalue weighted by Crippen LogP contribution is 2.10. The van der Waals surface area contributed by atoms with Gasteiger partial charge in [0, 0.05) is 60.0 Å². The van der Waals surface area contributed by atoms with Crippen LogP contribution in [-0.2, 0) is 9.47 Å². The van der Waals surface area contributed by atoms with Gasteiger partial charge in [-0.2, -0.15) is 0 Å². The summed E-state index contributed by atoms with van der Waals surface area (Å²) in [6.45, 7) is 15.3. The van der Waals surface area contributed by atoms with Gasteiger partial charge in [-0.1, -0.05) is 6.92 Å². The van der Waals surface area contributed by atoms with Crippen molar-refractivity contribution in [1.29, 1.82) is 0 Å². The maximum Gasteiger partial charge on any atom is 0.410 e. The molecule has 9 heteroatoms. The molecule has 0 heterocycles. The summed E-state index contributed by atoms with van der Waals surface area (Å²) in [6.07, 6.45) is 0.731. The number of nitrogens with zero attached hydrogens (tertiary/aromatic N) is 3. The molecule has 0 aromatic carbocycles. The molecule has 1 unspecified atom stereocenters. The number of amides is 1. The van der Waals surface area contributed by atoms with Crippen molar-refractivity contribution in [2.45, 2.75) is 46.6 Å². The third kappa shape index (κ3) is 17.7. The zero-order valence-electron chi connectivity index (χ0n) is 19.7. The minimum absolute atomic E-state index is 0. The smallest absolute Gasteiger partial charge is 0.410 e. The minimum atomic E-state index is -0.481. The zero-order chi connectivity index (χ0) is 21.6. The molecule has 0 aliphatic heterocycles. The van der Waals surface area contributed by atoms with Crippen LogP contribution in [0.3, 0.4) is 0 Å². The van der Waals surface area contributed by atoms with Crippen molar-refractivity contribution in [3.05, 3.63) is 0 Å². The molecule has 0 aromatic heterocycles. The average molecular weight is 530 g/mol. The number of carbonyl (C=O) groups excluding carboxylic acids is 1. The lowest BCUT2D eigenvalue weighted by atomic mass is 10.2. The fraction of sp³-hybridized carbons (Fsp3) is 0.900. The van der Waals surface area contributed by atoms with Gasteiger partial charge in [-0.3, -0.25) is 4.99 Å². The molecule has 0 aliphatic carbocycles. The Kier molecular flexibility index (Phi) is 17.7. The topological polar surface area (TPSA) is 78.4 Å². The number of hydrogen-bond donors (Lipinski definition) is 2. The Morgan fingerprint density at radius 2 is 1.83 bits per heavy atom. The number of halogens is 1. The van der Waals surface area contributed by atoms with E-state index in [4.69, 9.17) is 9.47 Å². The maximum atomic E-state index is 12.1. The Morgan fingerprint density at radius 1 is 1.17 bits per heavy atom. The van der Waals surface area contributed by atoms with Crippen molar-refractivity contribution in [3.63, 3.8) is 0 Å². The molecule has 0 saturated carbocycles. The van der Waals surface area contributed by atoms with Crippen LogP contribution in [0.1, 0.15) is 41.0 Å². The summed E-state index contributed by atoms with van der Waals surface area (Å²) in [7, 11) is 5.60. The number of nitrogens with one attached hydrogen (secondary N) is 2. The van der Waals surface area contributed by atoms with Gasteiger partial charge in [0.05, 0.1) is 0 Å². The monoisotopic (exact) mass is 529 g/mol. The average Bonchev–Trinajstić information content (AvgIpc) is 2.58. The molecule has 0 aliphatic rings. The van der Waals surface area contributed by atoms with Crippen molar-refractivity contribution < 1.29 is 14.3 Å². The fourth-order valence-electron chi connectivity index (χ4n) is 2.48. The third-order valence-electron chi connectivity index (χ3n) is 3.87. The predicted molar refractivity (Wildman–Crippen MR) is 131 cm³/mol. The van der Waals surface area contributed by atoms with Gasteiger partial charge >= 0.3 is 6.09 Å². The number of rotatable bonds is 12. The van der Waals surface area contributed by atoms with Crippen LogP contribution in [0.2, 0.25) is 0 Å². The molecule has 0 bridgehead atoms. The Morgan fingerprint density at radius 3 is 2.38 bits per heavy atom. The van der Waals surface area contributed by atoms with Gasteiger partial charge in [0.2, 0.25) is 0 Å². The molecule has 8 nitrogen and oxygen atoms in total. The second-order valence-corrected chi connectivity index (χ2v) is 8.26. The summed E-state index contributed by atoms with van der Waals surface area (Å²) in [5.74, 6) is 1.03. The molecule has 174 valence electrons. The number of aliphatic imine (C=N–C) groups is 1. The van der Waals surface area contributed by atoms with Gasteiger partial charge in [0.1, 0.15) is 5.60 Å². The Balaban J connectivity index is 0. The maximum absolute atomic E-state index is 12.1. The van der Waals surface area contributed by atoms with E-state index in [1.807, 2.05) is 27.7 Å². The largest absolute Gasteiger partial charge is 0.444 e. The van der Waals surface area contributed by atoms with Gasteiger partial charge in [-0.15, -0.1) is 24.0 Å². The number of ether oxygens (including phenoxy) is 2. The lowest BCUT2D eigenvalue weighted by molar-refractivity contribution is 0.0279. The first kappa shape index (κ1) is 30.4. The quantitative estimate of drug-likeness (QED) is 0.175. The first-order chi connectivity index (χ1) is 13.1. The van der Waals surface area contributed by atoms with E-state index >= 15 is 0 Å². The van der Waals surface area contributed by atoms with Gasteiger partial charge in [-0.05, 0) is 47.1 Å². The van der Waals surface area contributed by atoms with Crippen molar-refractivity contribution in [1.82, 2.24) is 20.4 Å². The SMILES string of the molecule is CCNC(=NCC(C)CN(C)C(=O)OC(C)(C)C)NCCN(C)CCCOC.I. The zero-order valence-corrected chi connectivity index (χ0v) is 22.0. The molecule has 29 heavy (non-hydrogen) atoms. The summed E-state index contributed by atoms with van der Waals surface area (Å²) >= 11 is 0. The normalized spacial score (nSPS) is 12.9. The number of likely N-dealkylation sites (N-methyl/N-ethyl adjacent to an activating group) is 1. The fourth-order valence-corrected chi connectivity index (χ4v) is 2.48. The number of carbonyl (C=O) groups is 1. The first-order valence-corrected chi connectivity index (χ1v) is 10.2. The van der Waals surface area contributed by atoms with E-state index in [2.05, 4.69) is 34.5 Å². The standard InChI is InChI=1S/C20H43N5O3.HI/c1-9-21-18(22-11-13-24(6)12-10-14-27-8)23-15-17(2)16-25(7)19(26)28-20(3,4)5;/h17H,9-16H2,1-8H3,(H2,21,22,23);1H. The number of methoxy groups -OCH3 is 1.